The number of ether oxygens (including phenoxy) is 1. The summed E-state index contributed by atoms with van der Waals surface area (Å²) in [6.07, 6.45) is 6.22. The standard InChI is InChI=1S/C14H24ClN5O/c1-3-10-21-14-18-12(15)17-13(19-14)16-8-9-20(2)11-6-4-5-7-11/h11H,3-10H2,1-2H3,(H,16,17,18,19). The van der Waals surface area contributed by atoms with Crippen LogP contribution in [-0.2, 0) is 0 Å². The summed E-state index contributed by atoms with van der Waals surface area (Å²) < 4.78 is 5.39. The summed E-state index contributed by atoms with van der Waals surface area (Å²) in [6.45, 7) is 4.34. The molecule has 1 heterocycles. The normalized spacial score (nSPS) is 15.6. The van der Waals surface area contributed by atoms with E-state index in [1.165, 1.54) is 25.7 Å². The smallest absolute Gasteiger partial charge is 0.322 e. The van der Waals surface area contributed by atoms with Gasteiger partial charge in [-0.3, -0.25) is 0 Å². The number of aromatic nitrogens is 3. The highest BCUT2D eigenvalue weighted by molar-refractivity contribution is 6.28. The summed E-state index contributed by atoms with van der Waals surface area (Å²) in [5.74, 6) is 0.473. The van der Waals surface area contributed by atoms with E-state index in [2.05, 4.69) is 32.2 Å². The number of hydrogen-bond acceptors (Lipinski definition) is 6. The molecule has 0 unspecified atom stereocenters. The molecule has 7 heteroatoms. The summed E-state index contributed by atoms with van der Waals surface area (Å²) >= 11 is 5.88. The van der Waals surface area contributed by atoms with Gasteiger partial charge in [-0.2, -0.15) is 15.0 Å². The van der Waals surface area contributed by atoms with Gasteiger partial charge in [0.1, 0.15) is 0 Å². The minimum Gasteiger partial charge on any atom is -0.463 e. The van der Waals surface area contributed by atoms with E-state index in [0.717, 1.165) is 25.6 Å². The number of nitrogens with zero attached hydrogens (tertiary/aromatic N) is 4. The summed E-state index contributed by atoms with van der Waals surface area (Å²) in [4.78, 5) is 14.6. The Balaban J connectivity index is 1.80. The van der Waals surface area contributed by atoms with Crippen molar-refractivity contribution in [1.82, 2.24) is 19.9 Å². The lowest BCUT2D eigenvalue weighted by Gasteiger charge is -2.23. The van der Waals surface area contributed by atoms with Crippen LogP contribution in [0.25, 0.3) is 0 Å². The van der Waals surface area contributed by atoms with Crippen LogP contribution < -0.4 is 10.1 Å². The van der Waals surface area contributed by atoms with Gasteiger partial charge in [-0.25, -0.2) is 0 Å². The van der Waals surface area contributed by atoms with Gasteiger partial charge < -0.3 is 15.0 Å². The average molecular weight is 314 g/mol. The highest BCUT2D eigenvalue weighted by Gasteiger charge is 2.18. The van der Waals surface area contributed by atoms with Crippen molar-refractivity contribution in [3.05, 3.63) is 5.28 Å². The highest BCUT2D eigenvalue weighted by Crippen LogP contribution is 2.22. The molecule has 1 fully saturated rings. The maximum Gasteiger partial charge on any atom is 0.322 e. The third kappa shape index (κ3) is 5.28. The second-order valence-electron chi connectivity index (χ2n) is 5.40. The van der Waals surface area contributed by atoms with Crippen molar-refractivity contribution in [3.63, 3.8) is 0 Å². The van der Waals surface area contributed by atoms with Crippen LogP contribution in [0.4, 0.5) is 5.95 Å². The number of halogens is 1. The molecule has 0 radical (unpaired) electrons. The largest absolute Gasteiger partial charge is 0.463 e. The van der Waals surface area contributed by atoms with Crippen molar-refractivity contribution in [1.29, 1.82) is 0 Å². The van der Waals surface area contributed by atoms with Crippen molar-refractivity contribution in [2.75, 3.05) is 32.1 Å². The molecule has 118 valence electrons. The summed E-state index contributed by atoms with van der Waals surface area (Å²) in [6, 6.07) is 1.00. The third-order valence-corrected chi connectivity index (χ3v) is 3.89. The Morgan fingerprint density at radius 3 is 2.76 bits per heavy atom. The first-order chi connectivity index (χ1) is 10.2. The molecule has 2 rings (SSSR count). The van der Waals surface area contributed by atoms with Crippen LogP contribution in [0.3, 0.4) is 0 Å². The number of hydrogen-bond donors (Lipinski definition) is 1. The van der Waals surface area contributed by atoms with Gasteiger partial charge in [0.15, 0.2) is 0 Å². The van der Waals surface area contributed by atoms with Crippen LogP contribution in [0, 0.1) is 0 Å². The topological polar surface area (TPSA) is 63.2 Å². The summed E-state index contributed by atoms with van der Waals surface area (Å²) in [5, 5.41) is 3.34. The second kappa shape index (κ2) is 8.34. The molecule has 1 saturated carbocycles. The third-order valence-electron chi connectivity index (χ3n) is 3.72. The van der Waals surface area contributed by atoms with E-state index in [0.29, 0.717) is 12.6 Å². The Labute approximate surface area is 131 Å². The van der Waals surface area contributed by atoms with Crippen LogP contribution in [0.1, 0.15) is 39.0 Å². The van der Waals surface area contributed by atoms with Crippen LogP contribution in [0.5, 0.6) is 6.01 Å². The molecule has 0 aliphatic heterocycles. The predicted octanol–water partition coefficient (Wildman–Crippen LogP) is 2.60. The fourth-order valence-corrected chi connectivity index (χ4v) is 2.69. The maximum absolute atomic E-state index is 5.88. The van der Waals surface area contributed by atoms with Crippen molar-refractivity contribution in [2.24, 2.45) is 0 Å². The predicted molar refractivity (Wildman–Crippen MR) is 84.0 cm³/mol. The zero-order valence-electron chi connectivity index (χ0n) is 12.8. The monoisotopic (exact) mass is 313 g/mol. The fraction of sp³-hybridized carbons (Fsp3) is 0.786. The Hall–Kier alpha value is -1.14. The van der Waals surface area contributed by atoms with Crippen molar-refractivity contribution in [2.45, 2.75) is 45.1 Å². The van der Waals surface area contributed by atoms with Crippen LogP contribution in [-0.4, -0.2) is 52.6 Å². The van der Waals surface area contributed by atoms with Gasteiger partial charge in [-0.15, -0.1) is 0 Å². The molecule has 1 N–H and O–H groups in total. The minimum atomic E-state index is 0.155. The number of likely N-dealkylation sites (N-methyl/N-ethyl adjacent to an activating group) is 1. The van der Waals surface area contributed by atoms with E-state index in [-0.39, 0.29) is 11.3 Å². The molecule has 0 aromatic carbocycles. The number of anilines is 1. The quantitative estimate of drug-likeness (QED) is 0.796. The molecule has 1 aliphatic carbocycles. The van der Waals surface area contributed by atoms with Crippen LogP contribution >= 0.6 is 11.6 Å². The van der Waals surface area contributed by atoms with Gasteiger partial charge in [0, 0.05) is 19.1 Å². The lowest BCUT2D eigenvalue weighted by molar-refractivity contribution is 0.254. The van der Waals surface area contributed by atoms with Gasteiger partial charge in [0.05, 0.1) is 6.61 Å². The number of rotatable bonds is 8. The second-order valence-corrected chi connectivity index (χ2v) is 5.74. The molecule has 0 saturated heterocycles. The zero-order chi connectivity index (χ0) is 15.1. The molecule has 6 nitrogen and oxygen atoms in total. The van der Waals surface area contributed by atoms with Gasteiger partial charge in [0.25, 0.3) is 0 Å². The van der Waals surface area contributed by atoms with Crippen LogP contribution in [0.15, 0.2) is 0 Å². The van der Waals surface area contributed by atoms with Crippen molar-refractivity contribution in [3.8, 4) is 6.01 Å². The maximum atomic E-state index is 5.88. The van der Waals surface area contributed by atoms with E-state index >= 15 is 0 Å². The Kier molecular flexibility index (Phi) is 6.45. The lowest BCUT2D eigenvalue weighted by Crippen LogP contribution is -2.33. The van der Waals surface area contributed by atoms with E-state index in [1.54, 1.807) is 0 Å². The summed E-state index contributed by atoms with van der Waals surface area (Å²) in [5.41, 5.74) is 0. The summed E-state index contributed by atoms with van der Waals surface area (Å²) in [7, 11) is 2.17. The molecule has 21 heavy (non-hydrogen) atoms. The Morgan fingerprint density at radius 2 is 2.05 bits per heavy atom. The molecular formula is C14H24ClN5O. The first kappa shape index (κ1) is 16.2. The zero-order valence-corrected chi connectivity index (χ0v) is 13.6. The molecule has 1 aliphatic rings. The molecule has 0 bridgehead atoms. The SMILES string of the molecule is CCCOc1nc(Cl)nc(NCCN(C)C2CCCC2)n1. The first-order valence-electron chi connectivity index (χ1n) is 7.67. The van der Waals surface area contributed by atoms with Gasteiger partial charge >= 0.3 is 6.01 Å². The molecule has 1 aromatic heterocycles. The average Bonchev–Trinajstić information content (AvgIpc) is 2.99. The molecule has 0 amide bonds. The molecule has 1 aromatic rings. The van der Waals surface area contributed by atoms with Gasteiger partial charge in [-0.05, 0) is 37.9 Å². The highest BCUT2D eigenvalue weighted by atomic mass is 35.5. The van der Waals surface area contributed by atoms with Crippen molar-refractivity contribution >= 4 is 17.5 Å². The Morgan fingerprint density at radius 1 is 1.29 bits per heavy atom. The number of nitrogens with one attached hydrogen (secondary N) is 1. The van der Waals surface area contributed by atoms with E-state index < -0.39 is 0 Å². The molecule has 0 atom stereocenters. The minimum absolute atomic E-state index is 0.155. The fourth-order valence-electron chi connectivity index (χ4n) is 2.54. The van der Waals surface area contributed by atoms with E-state index in [9.17, 15) is 0 Å². The lowest BCUT2D eigenvalue weighted by atomic mass is 10.2. The molecule has 0 spiro atoms. The van der Waals surface area contributed by atoms with E-state index in [1.807, 2.05) is 6.92 Å². The van der Waals surface area contributed by atoms with Gasteiger partial charge in [-0.1, -0.05) is 19.8 Å². The Bertz CT molecular complexity index is 439. The molecular weight excluding hydrogens is 290 g/mol. The van der Waals surface area contributed by atoms with Crippen LogP contribution in [0.2, 0.25) is 5.28 Å². The van der Waals surface area contributed by atoms with Crippen molar-refractivity contribution < 1.29 is 4.74 Å². The van der Waals surface area contributed by atoms with E-state index in [4.69, 9.17) is 16.3 Å². The van der Waals surface area contributed by atoms with Gasteiger partial charge in [0.2, 0.25) is 11.2 Å². The first-order valence-corrected chi connectivity index (χ1v) is 8.05.